The van der Waals surface area contributed by atoms with Gasteiger partial charge in [0.25, 0.3) is 0 Å². The zero-order chi connectivity index (χ0) is 12.0. The van der Waals surface area contributed by atoms with E-state index in [4.69, 9.17) is 10.00 Å². The van der Waals surface area contributed by atoms with Crippen molar-refractivity contribution in [2.45, 2.75) is 13.0 Å². The van der Waals surface area contributed by atoms with Crippen LogP contribution in [0.3, 0.4) is 0 Å². The second-order valence-electron chi connectivity index (χ2n) is 3.63. The molecule has 1 aliphatic rings. The van der Waals surface area contributed by atoms with E-state index < -0.39 is 0 Å². The van der Waals surface area contributed by atoms with E-state index in [9.17, 15) is 4.79 Å². The second kappa shape index (κ2) is 6.26. The van der Waals surface area contributed by atoms with Crippen LogP contribution in [0.2, 0.25) is 0 Å². The van der Waals surface area contributed by atoms with Crippen LogP contribution < -0.4 is 0 Å². The molecule has 1 saturated heterocycles. The maximum atomic E-state index is 11.1. The highest BCUT2D eigenvalue weighted by atomic mass is 16.5. The number of carbonyl (C=O) groups excluding carboxylic acids is 1. The van der Waals surface area contributed by atoms with Crippen molar-refractivity contribution >= 4 is 5.97 Å². The lowest BCUT2D eigenvalue weighted by molar-refractivity contribution is -0.136. The van der Waals surface area contributed by atoms with Gasteiger partial charge >= 0.3 is 5.97 Å². The Kier molecular flexibility index (Phi) is 4.96. The molecule has 0 N–H and O–H groups in total. The van der Waals surface area contributed by atoms with Crippen molar-refractivity contribution in [2.24, 2.45) is 0 Å². The Labute approximate surface area is 95.2 Å². The third-order valence-electron chi connectivity index (χ3n) is 2.46. The number of nitriles is 1. The summed E-state index contributed by atoms with van der Waals surface area (Å²) >= 11 is 0. The molecule has 0 aromatic rings. The highest BCUT2D eigenvalue weighted by Crippen LogP contribution is 2.05. The molecule has 5 heteroatoms. The first-order valence-corrected chi connectivity index (χ1v) is 5.16. The van der Waals surface area contributed by atoms with Gasteiger partial charge in [-0.15, -0.1) is 0 Å². The average Bonchev–Trinajstić information content (AvgIpc) is 2.35. The van der Waals surface area contributed by atoms with E-state index in [1.165, 1.54) is 7.11 Å². The van der Waals surface area contributed by atoms with Crippen LogP contribution in [0.15, 0.2) is 11.6 Å². The van der Waals surface area contributed by atoms with Crippen molar-refractivity contribution in [2.75, 3.05) is 33.4 Å². The molecule has 0 aromatic heterocycles. The molecule has 5 nitrogen and oxygen atoms in total. The Morgan fingerprint density at radius 2 is 2.50 bits per heavy atom. The van der Waals surface area contributed by atoms with Gasteiger partial charge in [-0.3, -0.25) is 4.90 Å². The molecular formula is C11H16N2O3. The monoisotopic (exact) mass is 224 g/mol. The van der Waals surface area contributed by atoms with Gasteiger partial charge in [-0.1, -0.05) is 6.08 Å². The van der Waals surface area contributed by atoms with Crippen LogP contribution in [0, 0.1) is 11.3 Å². The first-order valence-electron chi connectivity index (χ1n) is 5.16. The largest absolute Gasteiger partial charge is 0.466 e. The molecule has 1 aliphatic heterocycles. The molecule has 0 saturated carbocycles. The Morgan fingerprint density at radius 3 is 3.12 bits per heavy atom. The van der Waals surface area contributed by atoms with Crippen LogP contribution >= 0.6 is 0 Å². The van der Waals surface area contributed by atoms with Crippen molar-refractivity contribution < 1.29 is 14.3 Å². The van der Waals surface area contributed by atoms with Gasteiger partial charge in [-0.2, -0.15) is 5.26 Å². The van der Waals surface area contributed by atoms with E-state index in [1.807, 2.05) is 6.08 Å². The molecule has 0 spiro atoms. The summed E-state index contributed by atoms with van der Waals surface area (Å²) in [6.45, 7) is 4.28. The lowest BCUT2D eigenvalue weighted by atomic mass is 10.2. The number of hydrogen-bond donors (Lipinski definition) is 0. The Balaban J connectivity index is 2.43. The molecule has 16 heavy (non-hydrogen) atoms. The number of methoxy groups -OCH3 is 1. The van der Waals surface area contributed by atoms with Crippen LogP contribution in [0.25, 0.3) is 0 Å². The van der Waals surface area contributed by atoms with Crippen LogP contribution in [0.1, 0.15) is 6.92 Å². The summed E-state index contributed by atoms with van der Waals surface area (Å²) in [5.74, 6) is -0.315. The molecule has 0 radical (unpaired) electrons. The van der Waals surface area contributed by atoms with E-state index in [1.54, 1.807) is 6.92 Å². The minimum Gasteiger partial charge on any atom is -0.466 e. The third kappa shape index (κ3) is 3.65. The first-order chi connectivity index (χ1) is 7.67. The summed E-state index contributed by atoms with van der Waals surface area (Å²) < 4.78 is 9.81. The molecule has 1 heterocycles. The average molecular weight is 224 g/mol. The number of morpholine rings is 1. The molecule has 0 amide bonds. The minimum absolute atomic E-state index is 0.315. The van der Waals surface area contributed by atoms with Crippen molar-refractivity contribution in [3.8, 4) is 6.07 Å². The van der Waals surface area contributed by atoms with Gasteiger partial charge in [0.2, 0.25) is 0 Å². The minimum atomic E-state index is -0.361. The first kappa shape index (κ1) is 12.7. The molecule has 1 atom stereocenters. The molecule has 0 aliphatic carbocycles. The van der Waals surface area contributed by atoms with E-state index in [0.29, 0.717) is 25.3 Å². The lowest BCUT2D eigenvalue weighted by Crippen LogP contribution is -2.41. The Bertz CT molecular complexity index is 320. The zero-order valence-corrected chi connectivity index (χ0v) is 9.60. The highest BCUT2D eigenvalue weighted by Gasteiger charge is 2.18. The summed E-state index contributed by atoms with van der Waals surface area (Å²) in [5.41, 5.74) is 0.586. The predicted octanol–water partition coefficient (Wildman–Crippen LogP) is 0.330. The van der Waals surface area contributed by atoms with Gasteiger partial charge in [0, 0.05) is 25.2 Å². The number of rotatable bonds is 3. The second-order valence-corrected chi connectivity index (χ2v) is 3.63. The SMILES string of the molecule is COC(=O)C(C)=CCN1CCOC(C#N)C1. The molecule has 0 aromatic carbocycles. The molecule has 0 bridgehead atoms. The van der Waals surface area contributed by atoms with Gasteiger partial charge in [0.1, 0.15) is 0 Å². The summed E-state index contributed by atoms with van der Waals surface area (Å²) in [6, 6.07) is 2.08. The topological polar surface area (TPSA) is 62.6 Å². The molecule has 1 fully saturated rings. The fourth-order valence-electron chi connectivity index (χ4n) is 1.46. The molecule has 1 rings (SSSR count). The summed E-state index contributed by atoms with van der Waals surface area (Å²) in [4.78, 5) is 13.2. The van der Waals surface area contributed by atoms with Crippen molar-refractivity contribution in [1.82, 2.24) is 4.90 Å². The maximum absolute atomic E-state index is 11.1. The number of carbonyl (C=O) groups is 1. The molecular weight excluding hydrogens is 208 g/mol. The number of nitrogens with zero attached hydrogens (tertiary/aromatic N) is 2. The van der Waals surface area contributed by atoms with Crippen LogP contribution in [0.5, 0.6) is 0 Å². The van der Waals surface area contributed by atoms with E-state index in [-0.39, 0.29) is 12.1 Å². The fraction of sp³-hybridized carbons (Fsp3) is 0.636. The maximum Gasteiger partial charge on any atom is 0.333 e. The van der Waals surface area contributed by atoms with Crippen molar-refractivity contribution in [3.63, 3.8) is 0 Å². The van der Waals surface area contributed by atoms with Crippen molar-refractivity contribution in [1.29, 1.82) is 5.26 Å². The molecule has 88 valence electrons. The van der Waals surface area contributed by atoms with Gasteiger partial charge in [-0.05, 0) is 6.92 Å². The van der Waals surface area contributed by atoms with Gasteiger partial charge in [0.05, 0.1) is 19.8 Å². The summed E-state index contributed by atoms with van der Waals surface area (Å²) in [5, 5.41) is 8.72. The van der Waals surface area contributed by atoms with Gasteiger partial charge in [-0.25, -0.2) is 4.79 Å². The summed E-state index contributed by atoms with van der Waals surface area (Å²) in [6.07, 6.45) is 1.45. The molecule has 1 unspecified atom stereocenters. The Hall–Kier alpha value is -1.38. The normalized spacial score (nSPS) is 22.6. The predicted molar refractivity (Wildman–Crippen MR) is 57.6 cm³/mol. The lowest BCUT2D eigenvalue weighted by Gasteiger charge is -2.28. The van der Waals surface area contributed by atoms with E-state index in [2.05, 4.69) is 15.7 Å². The standard InChI is InChI=1S/C11H16N2O3/c1-9(11(14)15-2)3-4-13-5-6-16-10(7-12)8-13/h3,10H,4-6,8H2,1-2H3. The smallest absolute Gasteiger partial charge is 0.333 e. The van der Waals surface area contributed by atoms with Crippen molar-refractivity contribution in [3.05, 3.63) is 11.6 Å². The van der Waals surface area contributed by atoms with Crippen LogP contribution in [-0.4, -0.2) is 50.3 Å². The third-order valence-corrected chi connectivity index (χ3v) is 2.46. The fourth-order valence-corrected chi connectivity index (χ4v) is 1.46. The Morgan fingerprint density at radius 1 is 1.75 bits per heavy atom. The van der Waals surface area contributed by atoms with Gasteiger partial charge in [0.15, 0.2) is 6.10 Å². The quantitative estimate of drug-likeness (QED) is 0.510. The number of hydrogen-bond acceptors (Lipinski definition) is 5. The van der Waals surface area contributed by atoms with E-state index >= 15 is 0 Å². The van der Waals surface area contributed by atoms with Crippen LogP contribution in [0.4, 0.5) is 0 Å². The summed E-state index contributed by atoms with van der Waals surface area (Å²) in [7, 11) is 1.36. The van der Waals surface area contributed by atoms with E-state index in [0.717, 1.165) is 6.54 Å². The highest BCUT2D eigenvalue weighted by molar-refractivity contribution is 5.87. The van der Waals surface area contributed by atoms with Gasteiger partial charge < -0.3 is 9.47 Å². The number of esters is 1. The van der Waals surface area contributed by atoms with Crippen LogP contribution in [-0.2, 0) is 14.3 Å². The zero-order valence-electron chi connectivity index (χ0n) is 9.60. The number of ether oxygens (including phenoxy) is 2.